The maximum Gasteiger partial charge on any atom is 0.314 e. The topological polar surface area (TPSA) is 63.6 Å². The van der Waals surface area contributed by atoms with Crippen LogP contribution in [0.5, 0.6) is 0 Å². The van der Waals surface area contributed by atoms with Gasteiger partial charge in [-0.15, -0.1) is 0 Å². The highest BCUT2D eigenvalue weighted by molar-refractivity contribution is 5.91. The predicted octanol–water partition coefficient (Wildman–Crippen LogP) is 1.19. The van der Waals surface area contributed by atoms with Gasteiger partial charge in [-0.1, -0.05) is 0 Å². The van der Waals surface area contributed by atoms with E-state index in [1.807, 2.05) is 0 Å². The number of carboxylic acids is 1. The lowest BCUT2D eigenvalue weighted by Gasteiger charge is -2.39. The van der Waals surface area contributed by atoms with E-state index in [0.29, 0.717) is 12.8 Å². The maximum absolute atomic E-state index is 11.6. The Morgan fingerprint density at radius 1 is 1.57 bits per heavy atom. The number of hydrogen-bond donors (Lipinski definition) is 1. The summed E-state index contributed by atoms with van der Waals surface area (Å²) in [6.45, 7) is 3.34. The van der Waals surface area contributed by atoms with Gasteiger partial charge in [-0.25, -0.2) is 0 Å². The van der Waals surface area contributed by atoms with E-state index in [1.165, 1.54) is 0 Å². The Morgan fingerprint density at radius 2 is 2.21 bits per heavy atom. The van der Waals surface area contributed by atoms with Gasteiger partial charge >= 0.3 is 11.9 Å². The van der Waals surface area contributed by atoms with Gasteiger partial charge in [0.05, 0.1) is 5.41 Å². The SMILES string of the molecule is CC12CCCC(OC1=O)C2(C)C(=O)O. The molecule has 1 N–H and O–H groups in total. The number of hydrogen-bond acceptors (Lipinski definition) is 3. The molecule has 0 radical (unpaired) electrons. The molecule has 78 valence electrons. The van der Waals surface area contributed by atoms with E-state index in [4.69, 9.17) is 4.74 Å². The van der Waals surface area contributed by atoms with Gasteiger partial charge in [0.15, 0.2) is 0 Å². The number of carboxylic acid groups (broad SMARTS) is 1. The van der Waals surface area contributed by atoms with Crippen LogP contribution >= 0.6 is 0 Å². The van der Waals surface area contributed by atoms with Gasteiger partial charge in [-0.2, -0.15) is 0 Å². The average molecular weight is 198 g/mol. The molecule has 3 atom stereocenters. The highest BCUT2D eigenvalue weighted by atomic mass is 16.6. The van der Waals surface area contributed by atoms with Crippen molar-refractivity contribution in [2.24, 2.45) is 10.8 Å². The van der Waals surface area contributed by atoms with Crippen molar-refractivity contribution < 1.29 is 19.4 Å². The second-order valence-electron chi connectivity index (χ2n) is 4.63. The molecule has 0 aromatic rings. The molecule has 2 aliphatic rings. The Hall–Kier alpha value is -1.06. The van der Waals surface area contributed by atoms with E-state index < -0.39 is 22.9 Å². The fraction of sp³-hybridized carbons (Fsp3) is 0.800. The molecule has 0 amide bonds. The van der Waals surface area contributed by atoms with E-state index in [-0.39, 0.29) is 5.97 Å². The summed E-state index contributed by atoms with van der Waals surface area (Å²) in [5.41, 5.74) is -1.87. The summed E-state index contributed by atoms with van der Waals surface area (Å²) < 4.78 is 5.15. The monoisotopic (exact) mass is 198 g/mol. The number of ether oxygens (including phenoxy) is 1. The van der Waals surface area contributed by atoms with Crippen molar-refractivity contribution in [3.05, 3.63) is 0 Å². The normalized spacial score (nSPS) is 46.1. The fourth-order valence-electron chi connectivity index (χ4n) is 2.67. The van der Waals surface area contributed by atoms with Crippen molar-refractivity contribution >= 4 is 11.9 Å². The van der Waals surface area contributed by atoms with E-state index in [1.54, 1.807) is 13.8 Å². The molecule has 0 spiro atoms. The number of carbonyl (C=O) groups excluding carboxylic acids is 1. The molecule has 0 aromatic carbocycles. The Morgan fingerprint density at radius 3 is 2.64 bits per heavy atom. The zero-order valence-electron chi connectivity index (χ0n) is 8.37. The third-order valence-electron chi connectivity index (χ3n) is 4.08. The minimum absolute atomic E-state index is 0.343. The standard InChI is InChI=1S/C10H14O4/c1-9-5-3-4-6(14-8(9)13)10(9,2)7(11)12/h6H,3-5H2,1-2H3,(H,11,12). The van der Waals surface area contributed by atoms with Crippen molar-refractivity contribution in [2.75, 3.05) is 0 Å². The van der Waals surface area contributed by atoms with Crippen LogP contribution in [0, 0.1) is 10.8 Å². The summed E-state index contributed by atoms with van der Waals surface area (Å²) in [6.07, 6.45) is 1.72. The van der Waals surface area contributed by atoms with E-state index in [9.17, 15) is 14.7 Å². The van der Waals surface area contributed by atoms with Crippen LogP contribution in [0.2, 0.25) is 0 Å². The minimum Gasteiger partial charge on any atom is -0.481 e. The van der Waals surface area contributed by atoms with Crippen molar-refractivity contribution in [1.82, 2.24) is 0 Å². The summed E-state index contributed by atoms with van der Waals surface area (Å²) in [5.74, 6) is -1.26. The Labute approximate surface area is 82.2 Å². The van der Waals surface area contributed by atoms with Gasteiger partial charge in [-0.05, 0) is 33.1 Å². The lowest BCUT2D eigenvalue weighted by atomic mass is 9.58. The molecule has 0 aromatic heterocycles. The van der Waals surface area contributed by atoms with Crippen LogP contribution in [0.25, 0.3) is 0 Å². The van der Waals surface area contributed by atoms with Crippen LogP contribution in [0.3, 0.4) is 0 Å². The van der Waals surface area contributed by atoms with Gasteiger partial charge in [0.25, 0.3) is 0 Å². The number of fused-ring (bicyclic) bond motifs is 2. The summed E-state index contributed by atoms with van der Waals surface area (Å²) in [6, 6.07) is 0. The van der Waals surface area contributed by atoms with Crippen LogP contribution in [0.4, 0.5) is 0 Å². The highest BCUT2D eigenvalue weighted by Crippen LogP contribution is 2.57. The first-order valence-electron chi connectivity index (χ1n) is 4.87. The quantitative estimate of drug-likeness (QED) is 0.643. The first kappa shape index (κ1) is 9.49. The molecule has 14 heavy (non-hydrogen) atoms. The number of rotatable bonds is 1. The molecule has 2 bridgehead atoms. The molecule has 2 fully saturated rings. The molecule has 1 aliphatic carbocycles. The summed E-state index contributed by atoms with van der Waals surface area (Å²) in [5, 5.41) is 9.23. The summed E-state index contributed by atoms with van der Waals surface area (Å²) in [7, 11) is 0. The molecule has 4 heteroatoms. The average Bonchev–Trinajstić information content (AvgIpc) is 2.23. The van der Waals surface area contributed by atoms with Gasteiger partial charge in [0.1, 0.15) is 11.5 Å². The molecular formula is C10H14O4. The Balaban J connectivity index is 2.52. The lowest BCUT2D eigenvalue weighted by Crippen LogP contribution is -2.50. The Kier molecular flexibility index (Phi) is 1.69. The van der Waals surface area contributed by atoms with Crippen LogP contribution in [-0.4, -0.2) is 23.1 Å². The molecular weight excluding hydrogens is 184 g/mol. The smallest absolute Gasteiger partial charge is 0.314 e. The molecule has 2 rings (SSSR count). The van der Waals surface area contributed by atoms with E-state index >= 15 is 0 Å². The van der Waals surface area contributed by atoms with Crippen molar-refractivity contribution in [3.8, 4) is 0 Å². The van der Waals surface area contributed by atoms with Crippen LogP contribution in [-0.2, 0) is 14.3 Å². The van der Waals surface area contributed by atoms with Gasteiger partial charge in [0, 0.05) is 0 Å². The predicted molar refractivity (Wildman–Crippen MR) is 47.6 cm³/mol. The lowest BCUT2D eigenvalue weighted by molar-refractivity contribution is -0.160. The third kappa shape index (κ3) is 0.792. The first-order valence-corrected chi connectivity index (χ1v) is 4.87. The van der Waals surface area contributed by atoms with Crippen molar-refractivity contribution in [3.63, 3.8) is 0 Å². The van der Waals surface area contributed by atoms with Gasteiger partial charge in [0.2, 0.25) is 0 Å². The fourth-order valence-corrected chi connectivity index (χ4v) is 2.67. The van der Waals surface area contributed by atoms with E-state index in [2.05, 4.69) is 0 Å². The highest BCUT2D eigenvalue weighted by Gasteiger charge is 2.68. The minimum atomic E-state index is -1.04. The molecule has 3 unspecified atom stereocenters. The molecule has 1 saturated heterocycles. The van der Waals surface area contributed by atoms with Crippen molar-refractivity contribution in [1.29, 1.82) is 0 Å². The maximum atomic E-state index is 11.6. The third-order valence-corrected chi connectivity index (χ3v) is 4.08. The van der Waals surface area contributed by atoms with Gasteiger partial charge in [-0.3, -0.25) is 9.59 Å². The van der Waals surface area contributed by atoms with Crippen LogP contribution in [0.1, 0.15) is 33.1 Å². The van der Waals surface area contributed by atoms with E-state index in [0.717, 1.165) is 6.42 Å². The largest absolute Gasteiger partial charge is 0.481 e. The number of carbonyl (C=O) groups is 2. The number of esters is 1. The number of aliphatic carboxylic acids is 1. The van der Waals surface area contributed by atoms with Crippen LogP contribution in [0.15, 0.2) is 0 Å². The van der Waals surface area contributed by atoms with Crippen molar-refractivity contribution in [2.45, 2.75) is 39.2 Å². The molecule has 1 aliphatic heterocycles. The molecule has 4 nitrogen and oxygen atoms in total. The summed E-state index contributed by atoms with van der Waals surface area (Å²) >= 11 is 0. The first-order chi connectivity index (χ1) is 6.43. The zero-order chi connectivity index (χ0) is 10.6. The van der Waals surface area contributed by atoms with Crippen LogP contribution < -0.4 is 0 Å². The Bertz CT molecular complexity index is 311. The zero-order valence-corrected chi connectivity index (χ0v) is 8.37. The second-order valence-corrected chi connectivity index (χ2v) is 4.63. The van der Waals surface area contributed by atoms with Gasteiger partial charge < -0.3 is 9.84 Å². The summed E-state index contributed by atoms with van der Waals surface area (Å²) in [4.78, 5) is 22.9. The second kappa shape index (κ2) is 2.49. The molecule has 1 saturated carbocycles. The molecule has 1 heterocycles.